The molecule has 118 valence electrons. The molecule has 0 aliphatic heterocycles. The second kappa shape index (κ2) is 7.82. The summed E-state index contributed by atoms with van der Waals surface area (Å²) in [5.74, 6) is -0.656. The van der Waals surface area contributed by atoms with E-state index in [1.165, 1.54) is 12.1 Å². The van der Waals surface area contributed by atoms with E-state index in [2.05, 4.69) is 0 Å². The molecule has 0 radical (unpaired) electrons. The molecule has 3 nitrogen and oxygen atoms in total. The van der Waals surface area contributed by atoms with Crippen molar-refractivity contribution in [2.75, 3.05) is 5.75 Å². The Kier molecular flexibility index (Phi) is 6.98. The normalized spacial score (nSPS) is 13.2. The lowest BCUT2D eigenvalue weighted by Gasteiger charge is -2.20. The molecule has 0 fully saturated rings. The number of benzene rings is 1. The first kappa shape index (κ1) is 18.8. The summed E-state index contributed by atoms with van der Waals surface area (Å²) in [5, 5.41) is 9.27. The van der Waals surface area contributed by atoms with Crippen molar-refractivity contribution in [1.29, 1.82) is 0 Å². The number of unbranched alkanes of at least 4 members (excludes halogenated alkanes) is 1. The molecule has 1 N–H and O–H groups in total. The molecule has 1 atom stereocenters. The monoisotopic (exact) mass is 370 g/mol. The SMILES string of the molecule is CCCC[S@](=O)c1c(C(Cl)(Cl)Cl)ccc(C(=O)O)c1CC. The number of carboxylic acid groups (broad SMARTS) is 1. The Morgan fingerprint density at radius 2 is 1.90 bits per heavy atom. The molecule has 0 aliphatic rings. The minimum atomic E-state index is -1.74. The molecule has 0 saturated carbocycles. The number of hydrogen-bond acceptors (Lipinski definition) is 2. The van der Waals surface area contributed by atoms with E-state index in [1.54, 1.807) is 6.92 Å². The Hall–Kier alpha value is -0.290. The van der Waals surface area contributed by atoms with Crippen LogP contribution in [0.3, 0.4) is 0 Å². The van der Waals surface area contributed by atoms with Crippen LogP contribution in [-0.4, -0.2) is 21.0 Å². The van der Waals surface area contributed by atoms with Gasteiger partial charge in [-0.2, -0.15) is 0 Å². The quantitative estimate of drug-likeness (QED) is 0.739. The van der Waals surface area contributed by atoms with Gasteiger partial charge < -0.3 is 5.11 Å². The highest BCUT2D eigenvalue weighted by Gasteiger charge is 2.31. The Morgan fingerprint density at radius 1 is 1.29 bits per heavy atom. The zero-order valence-electron chi connectivity index (χ0n) is 11.8. The van der Waals surface area contributed by atoms with E-state index in [9.17, 15) is 14.1 Å². The van der Waals surface area contributed by atoms with Crippen LogP contribution in [0, 0.1) is 0 Å². The number of rotatable bonds is 6. The van der Waals surface area contributed by atoms with Crippen molar-refractivity contribution < 1.29 is 14.1 Å². The van der Waals surface area contributed by atoms with Gasteiger partial charge in [-0.1, -0.05) is 61.1 Å². The third kappa shape index (κ3) is 4.59. The third-order valence-corrected chi connectivity index (χ3v) is 5.25. The minimum absolute atomic E-state index is 0.107. The average Bonchev–Trinajstić information content (AvgIpc) is 2.41. The lowest BCUT2D eigenvalue weighted by atomic mass is 10.0. The van der Waals surface area contributed by atoms with Crippen LogP contribution >= 0.6 is 34.8 Å². The van der Waals surface area contributed by atoms with Crippen LogP contribution in [-0.2, 0) is 21.0 Å². The zero-order valence-corrected chi connectivity index (χ0v) is 14.9. The molecular formula is C14H17Cl3O3S. The fourth-order valence-electron chi connectivity index (χ4n) is 2.04. The molecule has 1 aromatic carbocycles. The molecule has 0 heterocycles. The van der Waals surface area contributed by atoms with Gasteiger partial charge in [-0.15, -0.1) is 0 Å². The van der Waals surface area contributed by atoms with E-state index >= 15 is 0 Å². The van der Waals surface area contributed by atoms with Gasteiger partial charge in [-0.25, -0.2) is 4.79 Å². The molecule has 0 saturated heterocycles. The predicted molar refractivity (Wildman–Crippen MR) is 88.2 cm³/mol. The summed E-state index contributed by atoms with van der Waals surface area (Å²) in [7, 11) is -1.40. The largest absolute Gasteiger partial charge is 0.478 e. The van der Waals surface area contributed by atoms with E-state index in [1.807, 2.05) is 6.92 Å². The smallest absolute Gasteiger partial charge is 0.336 e. The molecule has 0 aromatic heterocycles. The van der Waals surface area contributed by atoms with Crippen molar-refractivity contribution in [3.8, 4) is 0 Å². The number of hydrogen-bond donors (Lipinski definition) is 1. The summed E-state index contributed by atoms with van der Waals surface area (Å²) in [6.07, 6.45) is 2.05. The number of halogens is 3. The average molecular weight is 372 g/mol. The molecule has 0 aliphatic carbocycles. The van der Waals surface area contributed by atoms with E-state index in [4.69, 9.17) is 34.8 Å². The van der Waals surface area contributed by atoms with Crippen molar-refractivity contribution >= 4 is 51.6 Å². The summed E-state index contributed by atoms with van der Waals surface area (Å²) < 4.78 is 10.8. The van der Waals surface area contributed by atoms with Gasteiger partial charge in [-0.3, -0.25) is 4.21 Å². The van der Waals surface area contributed by atoms with Gasteiger partial charge in [0.05, 0.1) is 21.3 Å². The second-order valence-corrected chi connectivity index (χ2v) is 8.32. The van der Waals surface area contributed by atoms with Gasteiger partial charge >= 0.3 is 5.97 Å². The fourth-order valence-corrected chi connectivity index (χ4v) is 4.43. The maximum atomic E-state index is 12.6. The molecule has 1 rings (SSSR count). The second-order valence-electron chi connectivity index (χ2n) is 4.53. The summed E-state index contributed by atoms with van der Waals surface area (Å²) in [6.45, 7) is 3.78. The van der Waals surface area contributed by atoms with Crippen LogP contribution in [0.1, 0.15) is 48.2 Å². The van der Waals surface area contributed by atoms with Crippen LogP contribution in [0.4, 0.5) is 0 Å². The third-order valence-electron chi connectivity index (χ3n) is 3.06. The number of carboxylic acids is 1. The van der Waals surface area contributed by atoms with E-state index in [-0.39, 0.29) is 5.56 Å². The van der Waals surface area contributed by atoms with E-state index in [0.717, 1.165) is 12.8 Å². The van der Waals surface area contributed by atoms with E-state index in [0.29, 0.717) is 28.2 Å². The first-order valence-electron chi connectivity index (χ1n) is 6.58. The van der Waals surface area contributed by atoms with Crippen LogP contribution in [0.2, 0.25) is 0 Å². The first-order valence-corrected chi connectivity index (χ1v) is 9.04. The molecule has 0 amide bonds. The van der Waals surface area contributed by atoms with Gasteiger partial charge in [0.15, 0.2) is 0 Å². The van der Waals surface area contributed by atoms with Gasteiger partial charge in [-0.05, 0) is 24.5 Å². The topological polar surface area (TPSA) is 54.4 Å². The van der Waals surface area contributed by atoms with Crippen LogP contribution in [0.5, 0.6) is 0 Å². The Morgan fingerprint density at radius 3 is 2.33 bits per heavy atom. The van der Waals surface area contributed by atoms with Crippen molar-refractivity contribution in [1.82, 2.24) is 0 Å². The van der Waals surface area contributed by atoms with Gasteiger partial charge in [0.1, 0.15) is 0 Å². The van der Waals surface area contributed by atoms with Crippen molar-refractivity contribution in [3.05, 3.63) is 28.8 Å². The first-order chi connectivity index (χ1) is 9.73. The standard InChI is InChI=1S/C14H17Cl3O3S/c1-3-5-8-21(20)12-9(4-2)10(13(18)19)6-7-11(12)14(15,16)17/h6-7H,3-5,8H2,1-2H3,(H,18,19)/t21-/m0/s1. The lowest BCUT2D eigenvalue weighted by molar-refractivity contribution is 0.0695. The summed E-state index contributed by atoms with van der Waals surface area (Å²) >= 11 is 17.9. The molecular weight excluding hydrogens is 355 g/mol. The van der Waals surface area contributed by atoms with Crippen LogP contribution < -0.4 is 0 Å². The Labute approximate surface area is 142 Å². The minimum Gasteiger partial charge on any atom is -0.478 e. The van der Waals surface area contributed by atoms with Crippen LogP contribution in [0.25, 0.3) is 0 Å². The van der Waals surface area contributed by atoms with Crippen LogP contribution in [0.15, 0.2) is 17.0 Å². The van der Waals surface area contributed by atoms with Gasteiger partial charge in [0, 0.05) is 11.3 Å². The molecule has 21 heavy (non-hydrogen) atoms. The maximum absolute atomic E-state index is 12.6. The van der Waals surface area contributed by atoms with Crippen molar-refractivity contribution in [2.24, 2.45) is 0 Å². The number of carbonyl (C=O) groups is 1. The molecule has 7 heteroatoms. The Balaban J connectivity index is 3.55. The maximum Gasteiger partial charge on any atom is 0.336 e. The highest BCUT2D eigenvalue weighted by molar-refractivity contribution is 7.85. The summed E-state index contributed by atoms with van der Waals surface area (Å²) in [5.41, 5.74) is 0.875. The van der Waals surface area contributed by atoms with Crippen molar-refractivity contribution in [3.63, 3.8) is 0 Å². The number of aromatic carboxylic acids is 1. The highest BCUT2D eigenvalue weighted by atomic mass is 35.6. The molecule has 1 aromatic rings. The van der Waals surface area contributed by atoms with Gasteiger partial charge in [0.25, 0.3) is 0 Å². The Bertz CT molecular complexity index is 553. The fraction of sp³-hybridized carbons (Fsp3) is 0.500. The molecule has 0 unspecified atom stereocenters. The molecule has 0 spiro atoms. The summed E-state index contributed by atoms with van der Waals surface area (Å²) in [6, 6.07) is 2.84. The van der Waals surface area contributed by atoms with Crippen molar-refractivity contribution in [2.45, 2.75) is 41.8 Å². The zero-order chi connectivity index (χ0) is 16.2. The van der Waals surface area contributed by atoms with Gasteiger partial charge in [0.2, 0.25) is 3.79 Å². The highest BCUT2D eigenvalue weighted by Crippen LogP contribution is 2.43. The lowest BCUT2D eigenvalue weighted by Crippen LogP contribution is -2.15. The molecule has 0 bridgehead atoms. The summed E-state index contributed by atoms with van der Waals surface area (Å²) in [4.78, 5) is 11.7. The van der Waals surface area contributed by atoms with E-state index < -0.39 is 20.6 Å². The predicted octanol–water partition coefficient (Wildman–Crippen LogP) is 4.68. The number of alkyl halides is 3.